The molecule has 0 aliphatic carbocycles. The summed E-state index contributed by atoms with van der Waals surface area (Å²) in [6.07, 6.45) is 2.85. The van der Waals surface area contributed by atoms with Gasteiger partial charge in [0, 0.05) is 6.54 Å². The van der Waals surface area contributed by atoms with Gasteiger partial charge in [-0.2, -0.15) is 0 Å². The lowest BCUT2D eigenvalue weighted by molar-refractivity contribution is 0.0499. The Hall–Kier alpha value is -1.75. The van der Waals surface area contributed by atoms with Gasteiger partial charge in [0.05, 0.1) is 32.4 Å². The molecule has 5 heteroatoms. The van der Waals surface area contributed by atoms with Gasteiger partial charge in [0.1, 0.15) is 11.5 Å². The second kappa shape index (κ2) is 6.61. The number of hydrogen-bond donors (Lipinski definition) is 1. The fraction of sp³-hybridized carbons (Fsp3) is 0.533. The topological polar surface area (TPSA) is 59.0 Å². The highest BCUT2D eigenvalue weighted by molar-refractivity contribution is 5.97. The number of nitrogens with zero attached hydrogens (tertiary/aromatic N) is 1. The summed E-state index contributed by atoms with van der Waals surface area (Å²) in [5.74, 6) is 1.03. The van der Waals surface area contributed by atoms with Gasteiger partial charge in [0.2, 0.25) is 0 Å². The minimum absolute atomic E-state index is 0.00196. The SMILES string of the molecule is COc1ccc(OC)c(C(=O)N2CCCCC2CO)c1. The lowest BCUT2D eigenvalue weighted by Crippen LogP contribution is -2.45. The number of benzene rings is 1. The van der Waals surface area contributed by atoms with Crippen molar-refractivity contribution in [3.63, 3.8) is 0 Å². The molecule has 0 aromatic heterocycles. The van der Waals surface area contributed by atoms with Crippen LogP contribution in [-0.2, 0) is 0 Å². The first-order valence-corrected chi connectivity index (χ1v) is 6.85. The van der Waals surface area contributed by atoms with Crippen LogP contribution in [0.25, 0.3) is 0 Å². The first kappa shape index (κ1) is 14.7. The van der Waals surface area contributed by atoms with Crippen LogP contribution >= 0.6 is 0 Å². The highest BCUT2D eigenvalue weighted by Crippen LogP contribution is 2.27. The smallest absolute Gasteiger partial charge is 0.258 e. The van der Waals surface area contributed by atoms with Gasteiger partial charge >= 0.3 is 0 Å². The molecule has 1 aromatic rings. The van der Waals surface area contributed by atoms with Crippen LogP contribution in [-0.4, -0.2) is 49.3 Å². The Labute approximate surface area is 119 Å². The van der Waals surface area contributed by atoms with Crippen LogP contribution in [0.4, 0.5) is 0 Å². The number of aliphatic hydroxyl groups is 1. The van der Waals surface area contributed by atoms with E-state index < -0.39 is 0 Å². The molecule has 1 unspecified atom stereocenters. The van der Waals surface area contributed by atoms with E-state index in [2.05, 4.69) is 0 Å². The van der Waals surface area contributed by atoms with Crippen molar-refractivity contribution in [3.05, 3.63) is 23.8 Å². The van der Waals surface area contributed by atoms with Gasteiger partial charge in [-0.1, -0.05) is 0 Å². The highest BCUT2D eigenvalue weighted by Gasteiger charge is 2.28. The quantitative estimate of drug-likeness (QED) is 0.911. The fourth-order valence-corrected chi connectivity index (χ4v) is 2.59. The van der Waals surface area contributed by atoms with E-state index in [1.165, 1.54) is 7.11 Å². The second-order valence-electron chi connectivity index (χ2n) is 4.90. The predicted octanol–water partition coefficient (Wildman–Crippen LogP) is 1.69. The predicted molar refractivity (Wildman–Crippen MR) is 75.3 cm³/mol. The van der Waals surface area contributed by atoms with Crippen LogP contribution in [0.5, 0.6) is 11.5 Å². The molecule has 1 amide bonds. The van der Waals surface area contributed by atoms with Crippen molar-refractivity contribution >= 4 is 5.91 Å². The van der Waals surface area contributed by atoms with Gasteiger partial charge in [0.15, 0.2) is 0 Å². The Morgan fingerprint density at radius 2 is 2.15 bits per heavy atom. The van der Waals surface area contributed by atoms with E-state index in [-0.39, 0.29) is 18.6 Å². The molecule has 0 saturated carbocycles. The second-order valence-corrected chi connectivity index (χ2v) is 4.90. The molecular formula is C15H21NO4. The monoisotopic (exact) mass is 279 g/mol. The van der Waals surface area contributed by atoms with Crippen LogP contribution < -0.4 is 9.47 Å². The largest absolute Gasteiger partial charge is 0.497 e. The third-order valence-electron chi connectivity index (χ3n) is 3.74. The third-order valence-corrected chi connectivity index (χ3v) is 3.74. The summed E-state index contributed by atoms with van der Waals surface area (Å²) in [6, 6.07) is 5.07. The zero-order valence-electron chi connectivity index (χ0n) is 12.0. The van der Waals surface area contributed by atoms with E-state index in [0.717, 1.165) is 19.3 Å². The molecular weight excluding hydrogens is 258 g/mol. The molecule has 1 N–H and O–H groups in total. The van der Waals surface area contributed by atoms with E-state index in [1.807, 2.05) is 0 Å². The van der Waals surface area contributed by atoms with Gasteiger partial charge in [-0.05, 0) is 37.5 Å². The van der Waals surface area contributed by atoms with Crippen molar-refractivity contribution in [2.24, 2.45) is 0 Å². The summed E-state index contributed by atoms with van der Waals surface area (Å²) < 4.78 is 10.4. The number of carbonyl (C=O) groups is 1. The molecule has 110 valence electrons. The van der Waals surface area contributed by atoms with Crippen LogP contribution in [0.3, 0.4) is 0 Å². The summed E-state index contributed by atoms with van der Waals surface area (Å²) >= 11 is 0. The average Bonchev–Trinajstić information content (AvgIpc) is 2.53. The Morgan fingerprint density at radius 1 is 1.35 bits per heavy atom. The first-order valence-electron chi connectivity index (χ1n) is 6.85. The van der Waals surface area contributed by atoms with Crippen molar-refractivity contribution < 1.29 is 19.4 Å². The van der Waals surface area contributed by atoms with E-state index in [4.69, 9.17) is 9.47 Å². The highest BCUT2D eigenvalue weighted by atomic mass is 16.5. The van der Waals surface area contributed by atoms with Crippen molar-refractivity contribution in [3.8, 4) is 11.5 Å². The Bertz CT molecular complexity index is 475. The van der Waals surface area contributed by atoms with Gasteiger partial charge in [-0.3, -0.25) is 4.79 Å². The number of rotatable bonds is 4. The molecule has 1 atom stereocenters. The number of amides is 1. The summed E-state index contributed by atoms with van der Waals surface area (Å²) in [7, 11) is 3.10. The number of methoxy groups -OCH3 is 2. The summed E-state index contributed by atoms with van der Waals surface area (Å²) in [4.78, 5) is 14.4. The maximum atomic E-state index is 12.7. The van der Waals surface area contributed by atoms with E-state index in [1.54, 1.807) is 30.2 Å². The minimum Gasteiger partial charge on any atom is -0.497 e. The van der Waals surface area contributed by atoms with E-state index >= 15 is 0 Å². The Morgan fingerprint density at radius 3 is 2.80 bits per heavy atom. The molecule has 2 rings (SSSR count). The van der Waals surface area contributed by atoms with Crippen molar-refractivity contribution in [1.29, 1.82) is 0 Å². The van der Waals surface area contributed by atoms with E-state index in [9.17, 15) is 9.90 Å². The van der Waals surface area contributed by atoms with Gasteiger partial charge in [0.25, 0.3) is 5.91 Å². The first-order chi connectivity index (χ1) is 9.71. The molecule has 1 aliphatic heterocycles. The molecule has 5 nitrogen and oxygen atoms in total. The van der Waals surface area contributed by atoms with Gasteiger partial charge in [-0.25, -0.2) is 0 Å². The van der Waals surface area contributed by atoms with Crippen molar-refractivity contribution in [1.82, 2.24) is 4.90 Å². The number of hydrogen-bond acceptors (Lipinski definition) is 4. The summed E-state index contributed by atoms with van der Waals surface area (Å²) in [5.41, 5.74) is 0.479. The molecule has 0 radical (unpaired) electrons. The summed E-state index contributed by atoms with van der Waals surface area (Å²) in [6.45, 7) is 0.669. The molecule has 20 heavy (non-hydrogen) atoms. The lowest BCUT2D eigenvalue weighted by Gasteiger charge is -2.35. The number of likely N-dealkylation sites (tertiary alicyclic amines) is 1. The maximum Gasteiger partial charge on any atom is 0.258 e. The number of aliphatic hydroxyl groups excluding tert-OH is 1. The molecule has 1 saturated heterocycles. The molecule has 1 aliphatic rings. The van der Waals surface area contributed by atoms with Gasteiger partial charge in [-0.15, -0.1) is 0 Å². The van der Waals surface area contributed by atoms with E-state index in [0.29, 0.717) is 23.6 Å². The van der Waals surface area contributed by atoms with Crippen LogP contribution in [0, 0.1) is 0 Å². The number of piperidine rings is 1. The van der Waals surface area contributed by atoms with Crippen LogP contribution in [0.1, 0.15) is 29.6 Å². The van der Waals surface area contributed by atoms with Crippen molar-refractivity contribution in [2.45, 2.75) is 25.3 Å². The maximum absolute atomic E-state index is 12.7. The number of carbonyl (C=O) groups excluding carboxylic acids is 1. The van der Waals surface area contributed by atoms with Crippen LogP contribution in [0.2, 0.25) is 0 Å². The zero-order valence-corrected chi connectivity index (χ0v) is 12.0. The third kappa shape index (κ3) is 2.88. The molecule has 1 aromatic carbocycles. The van der Waals surface area contributed by atoms with Crippen LogP contribution in [0.15, 0.2) is 18.2 Å². The average molecular weight is 279 g/mol. The molecule has 1 heterocycles. The fourth-order valence-electron chi connectivity index (χ4n) is 2.59. The minimum atomic E-state index is -0.112. The molecule has 1 fully saturated rings. The Balaban J connectivity index is 2.31. The molecule has 0 spiro atoms. The number of ether oxygens (including phenoxy) is 2. The standard InChI is InChI=1S/C15H21NO4/c1-19-12-6-7-14(20-2)13(9-12)15(18)16-8-4-3-5-11(16)10-17/h6-7,9,11,17H,3-5,8,10H2,1-2H3. The van der Waals surface area contributed by atoms with Gasteiger partial charge < -0.3 is 19.5 Å². The van der Waals surface area contributed by atoms with Crippen molar-refractivity contribution in [2.75, 3.05) is 27.4 Å². The molecule has 0 bridgehead atoms. The zero-order chi connectivity index (χ0) is 14.5. The summed E-state index contributed by atoms with van der Waals surface area (Å²) in [5, 5.41) is 9.43. The lowest BCUT2D eigenvalue weighted by atomic mass is 10.0. The normalized spacial score (nSPS) is 18.8. The Kier molecular flexibility index (Phi) is 4.84.